The molecule has 7 heteroatoms. The Labute approximate surface area is 111 Å². The van der Waals surface area contributed by atoms with Gasteiger partial charge < -0.3 is 5.11 Å². The molecule has 0 fully saturated rings. The number of rotatable bonds is 3. The van der Waals surface area contributed by atoms with E-state index < -0.39 is 20.7 Å². The standard InChI is InChI=1S/C11H14ClNO4S/c1-11(2,3)18(16,17)13(12)9-6-4-8(5-7-9)10(14)15/h4-7H,1-3H3,(H,14,15). The van der Waals surface area contributed by atoms with E-state index in [0.29, 0.717) is 3.82 Å². The van der Waals surface area contributed by atoms with Crippen molar-refractivity contribution in [2.24, 2.45) is 0 Å². The van der Waals surface area contributed by atoms with Crippen molar-refractivity contribution in [2.75, 3.05) is 3.82 Å². The number of sulfonamides is 1. The lowest BCUT2D eigenvalue weighted by Crippen LogP contribution is -2.38. The minimum Gasteiger partial charge on any atom is -0.478 e. The van der Waals surface area contributed by atoms with Gasteiger partial charge in [-0.2, -0.15) is 3.82 Å². The zero-order chi connectivity index (χ0) is 14.1. The summed E-state index contributed by atoms with van der Waals surface area (Å²) in [6, 6.07) is 5.29. The maximum atomic E-state index is 12.0. The first-order chi connectivity index (χ1) is 8.07. The number of aromatic carboxylic acids is 1. The number of carboxylic acid groups (broad SMARTS) is 1. The van der Waals surface area contributed by atoms with E-state index >= 15 is 0 Å². The predicted molar refractivity (Wildman–Crippen MR) is 70.4 cm³/mol. The number of hydrogen-bond acceptors (Lipinski definition) is 3. The average molecular weight is 292 g/mol. The van der Waals surface area contributed by atoms with Crippen molar-refractivity contribution in [2.45, 2.75) is 25.5 Å². The van der Waals surface area contributed by atoms with E-state index in [9.17, 15) is 13.2 Å². The van der Waals surface area contributed by atoms with Crippen molar-refractivity contribution in [3.05, 3.63) is 29.8 Å². The van der Waals surface area contributed by atoms with Crippen LogP contribution >= 0.6 is 11.8 Å². The van der Waals surface area contributed by atoms with Crippen LogP contribution in [0.4, 0.5) is 5.69 Å². The van der Waals surface area contributed by atoms with Gasteiger partial charge in [0.05, 0.1) is 16.0 Å². The Bertz CT molecular complexity index is 545. The Kier molecular flexibility index (Phi) is 3.92. The van der Waals surface area contributed by atoms with Crippen LogP contribution in [0.5, 0.6) is 0 Å². The molecule has 0 saturated carbocycles. The molecule has 1 N–H and O–H groups in total. The Morgan fingerprint density at radius 2 is 1.67 bits per heavy atom. The molecule has 0 saturated heterocycles. The first-order valence-corrected chi connectivity index (χ1v) is 6.89. The van der Waals surface area contributed by atoms with Crippen LogP contribution in [0.15, 0.2) is 24.3 Å². The van der Waals surface area contributed by atoms with Crippen molar-refractivity contribution in [1.82, 2.24) is 0 Å². The molecule has 0 amide bonds. The molecule has 1 rings (SSSR count). The van der Waals surface area contributed by atoms with Crippen molar-refractivity contribution in [3.8, 4) is 0 Å². The highest BCUT2D eigenvalue weighted by Crippen LogP contribution is 2.28. The second-order valence-corrected chi connectivity index (χ2v) is 7.76. The predicted octanol–water partition coefficient (Wildman–Crippen LogP) is 2.47. The van der Waals surface area contributed by atoms with Crippen LogP contribution in [0.3, 0.4) is 0 Å². The molecule has 0 aromatic heterocycles. The van der Waals surface area contributed by atoms with Gasteiger partial charge in [0, 0.05) is 11.8 Å². The smallest absolute Gasteiger partial charge is 0.335 e. The van der Waals surface area contributed by atoms with Gasteiger partial charge in [0.1, 0.15) is 0 Å². The van der Waals surface area contributed by atoms with Gasteiger partial charge in [-0.05, 0) is 45.0 Å². The van der Waals surface area contributed by atoms with Crippen LogP contribution in [0.25, 0.3) is 0 Å². The van der Waals surface area contributed by atoms with Crippen molar-refractivity contribution in [3.63, 3.8) is 0 Å². The lowest BCUT2D eigenvalue weighted by molar-refractivity contribution is 0.0697. The summed E-state index contributed by atoms with van der Waals surface area (Å²) < 4.78 is 23.7. The molecule has 100 valence electrons. The molecule has 0 aliphatic heterocycles. The summed E-state index contributed by atoms with van der Waals surface area (Å²) in [6.45, 7) is 4.59. The van der Waals surface area contributed by atoms with Crippen LogP contribution in [-0.2, 0) is 10.0 Å². The third-order valence-electron chi connectivity index (χ3n) is 2.30. The lowest BCUT2D eigenvalue weighted by atomic mass is 10.2. The summed E-state index contributed by atoms with van der Waals surface area (Å²) in [5.41, 5.74) is 0.272. The minimum absolute atomic E-state index is 0.0666. The van der Waals surface area contributed by atoms with E-state index in [1.807, 2.05) is 0 Å². The largest absolute Gasteiger partial charge is 0.478 e. The molecule has 0 bridgehead atoms. The normalized spacial score (nSPS) is 12.2. The van der Waals surface area contributed by atoms with E-state index in [2.05, 4.69) is 0 Å². The molecule has 5 nitrogen and oxygen atoms in total. The maximum Gasteiger partial charge on any atom is 0.335 e. The van der Waals surface area contributed by atoms with Gasteiger partial charge >= 0.3 is 5.97 Å². The van der Waals surface area contributed by atoms with Crippen LogP contribution in [0.2, 0.25) is 0 Å². The molecule has 0 spiro atoms. The quantitative estimate of drug-likeness (QED) is 0.868. The number of anilines is 1. The molecule has 0 aliphatic carbocycles. The molecule has 0 unspecified atom stereocenters. The van der Waals surface area contributed by atoms with E-state index in [4.69, 9.17) is 16.9 Å². The molecule has 1 aromatic rings. The zero-order valence-corrected chi connectivity index (χ0v) is 11.8. The number of carboxylic acids is 1. The first kappa shape index (κ1) is 14.8. The number of carbonyl (C=O) groups is 1. The third kappa shape index (κ3) is 2.76. The molecular formula is C11H14ClNO4S. The number of hydrogen-bond donors (Lipinski definition) is 1. The van der Waals surface area contributed by atoms with Crippen LogP contribution < -0.4 is 3.82 Å². The maximum absolute atomic E-state index is 12.0. The summed E-state index contributed by atoms with van der Waals surface area (Å²) in [6.07, 6.45) is 0. The van der Waals surface area contributed by atoms with Gasteiger partial charge in [-0.1, -0.05) is 0 Å². The fourth-order valence-corrected chi connectivity index (χ4v) is 2.71. The highest BCUT2D eigenvalue weighted by molar-refractivity contribution is 7.95. The first-order valence-electron chi connectivity index (χ1n) is 5.11. The van der Waals surface area contributed by atoms with E-state index in [0.717, 1.165) is 0 Å². The SMILES string of the molecule is CC(C)(C)S(=O)(=O)N(Cl)c1ccc(C(=O)O)cc1. The number of nitrogens with zero attached hydrogens (tertiary/aromatic N) is 1. The van der Waals surface area contributed by atoms with Gasteiger partial charge in [0.15, 0.2) is 0 Å². The molecule has 0 atom stereocenters. The monoisotopic (exact) mass is 291 g/mol. The summed E-state index contributed by atoms with van der Waals surface area (Å²) in [5, 5.41) is 8.74. The van der Waals surface area contributed by atoms with E-state index in [1.54, 1.807) is 0 Å². The van der Waals surface area contributed by atoms with Gasteiger partial charge in [-0.25, -0.2) is 13.2 Å². The highest BCUT2D eigenvalue weighted by Gasteiger charge is 2.35. The fourth-order valence-electron chi connectivity index (χ4n) is 1.10. The lowest BCUT2D eigenvalue weighted by Gasteiger charge is -2.25. The highest BCUT2D eigenvalue weighted by atomic mass is 35.5. The second-order valence-electron chi connectivity index (χ2n) is 4.68. The molecule has 0 radical (unpaired) electrons. The van der Waals surface area contributed by atoms with Crippen molar-refractivity contribution in [1.29, 1.82) is 0 Å². The van der Waals surface area contributed by atoms with Crippen LogP contribution in [0.1, 0.15) is 31.1 Å². The second kappa shape index (κ2) is 4.78. The van der Waals surface area contributed by atoms with Gasteiger partial charge in [0.25, 0.3) is 10.0 Å². The molecule has 0 heterocycles. The van der Waals surface area contributed by atoms with Crippen LogP contribution in [0, 0.1) is 0 Å². The topological polar surface area (TPSA) is 74.7 Å². The Morgan fingerprint density at radius 3 is 2.00 bits per heavy atom. The van der Waals surface area contributed by atoms with Gasteiger partial charge in [-0.3, -0.25) is 0 Å². The Balaban J connectivity index is 3.13. The Morgan fingerprint density at radius 1 is 1.22 bits per heavy atom. The average Bonchev–Trinajstić information content (AvgIpc) is 2.26. The summed E-state index contributed by atoms with van der Waals surface area (Å²) >= 11 is 5.81. The third-order valence-corrected chi connectivity index (χ3v) is 5.22. The summed E-state index contributed by atoms with van der Waals surface area (Å²) in [4.78, 5) is 10.7. The van der Waals surface area contributed by atoms with E-state index in [-0.39, 0.29) is 11.3 Å². The molecule has 0 aliphatic rings. The molecular weight excluding hydrogens is 278 g/mol. The van der Waals surface area contributed by atoms with E-state index in [1.165, 1.54) is 45.0 Å². The number of halogens is 1. The zero-order valence-electron chi connectivity index (χ0n) is 10.2. The van der Waals surface area contributed by atoms with Crippen molar-refractivity contribution >= 4 is 33.5 Å². The minimum atomic E-state index is -3.71. The van der Waals surface area contributed by atoms with Gasteiger partial charge in [-0.15, -0.1) is 0 Å². The molecule has 18 heavy (non-hydrogen) atoms. The fraction of sp³-hybridized carbons (Fsp3) is 0.364. The number of benzene rings is 1. The molecule has 1 aromatic carbocycles. The Hall–Kier alpha value is -1.27. The summed E-state index contributed by atoms with van der Waals surface area (Å²) in [5.74, 6) is -1.08. The van der Waals surface area contributed by atoms with Crippen LogP contribution in [-0.4, -0.2) is 24.2 Å². The van der Waals surface area contributed by atoms with Gasteiger partial charge in [0.2, 0.25) is 0 Å². The van der Waals surface area contributed by atoms with Crippen molar-refractivity contribution < 1.29 is 18.3 Å². The summed E-state index contributed by atoms with van der Waals surface area (Å²) in [7, 11) is -3.71.